The van der Waals surface area contributed by atoms with Crippen LogP contribution < -0.4 is 24.4 Å². The maximum Gasteiger partial charge on any atom is 0.277 e. The van der Waals surface area contributed by atoms with Crippen LogP contribution >= 0.6 is 0 Å². The molecular weight excluding hydrogens is 343 g/mol. The van der Waals surface area contributed by atoms with Crippen molar-refractivity contribution >= 4 is 12.1 Å². The summed E-state index contributed by atoms with van der Waals surface area (Å²) in [5.74, 6) is 1.05. The van der Waals surface area contributed by atoms with Crippen molar-refractivity contribution in [3.8, 4) is 23.0 Å². The summed E-state index contributed by atoms with van der Waals surface area (Å²) in [6.07, 6.45) is 1.41. The lowest BCUT2D eigenvalue weighted by Crippen LogP contribution is -2.24. The van der Waals surface area contributed by atoms with E-state index < -0.39 is 5.91 Å². The van der Waals surface area contributed by atoms with Gasteiger partial charge in [0.1, 0.15) is 17.3 Å². The van der Waals surface area contributed by atoms with Crippen molar-refractivity contribution in [2.24, 2.45) is 5.10 Å². The molecule has 2 rings (SSSR count). The van der Waals surface area contributed by atoms with E-state index in [4.69, 9.17) is 18.9 Å². The number of hydrazone groups is 1. The van der Waals surface area contributed by atoms with Crippen LogP contribution in [0, 0.1) is 5.82 Å². The Hall–Kier alpha value is -3.29. The Morgan fingerprint density at radius 2 is 1.65 bits per heavy atom. The fourth-order valence-corrected chi connectivity index (χ4v) is 2.04. The summed E-state index contributed by atoms with van der Waals surface area (Å²) >= 11 is 0. The lowest BCUT2D eigenvalue weighted by molar-refractivity contribution is -0.123. The molecule has 0 aliphatic rings. The first-order valence-electron chi connectivity index (χ1n) is 7.57. The number of hydrogen-bond donors (Lipinski definition) is 1. The first-order valence-corrected chi connectivity index (χ1v) is 7.57. The molecule has 2 aromatic carbocycles. The molecule has 0 spiro atoms. The minimum Gasteiger partial charge on any atom is -0.496 e. The van der Waals surface area contributed by atoms with Gasteiger partial charge in [0.25, 0.3) is 5.91 Å². The first kappa shape index (κ1) is 19.0. The fraction of sp³-hybridized carbons (Fsp3) is 0.222. The second-order valence-electron chi connectivity index (χ2n) is 4.98. The topological polar surface area (TPSA) is 78.4 Å². The average molecular weight is 362 g/mol. The quantitative estimate of drug-likeness (QED) is 0.576. The Morgan fingerprint density at radius 1 is 1.04 bits per heavy atom. The van der Waals surface area contributed by atoms with E-state index >= 15 is 0 Å². The Bertz CT molecular complexity index is 778. The van der Waals surface area contributed by atoms with Crippen molar-refractivity contribution in [2.45, 2.75) is 0 Å². The van der Waals surface area contributed by atoms with E-state index in [1.807, 2.05) is 0 Å². The maximum absolute atomic E-state index is 12.8. The van der Waals surface area contributed by atoms with Gasteiger partial charge < -0.3 is 18.9 Å². The number of halogens is 1. The molecule has 8 heteroatoms. The predicted octanol–water partition coefficient (Wildman–Crippen LogP) is 2.38. The summed E-state index contributed by atoms with van der Waals surface area (Å²) in [5, 5.41) is 3.87. The van der Waals surface area contributed by atoms with Gasteiger partial charge in [0, 0.05) is 11.6 Å². The Morgan fingerprint density at radius 3 is 2.27 bits per heavy atom. The molecule has 0 aromatic heterocycles. The molecule has 0 aliphatic heterocycles. The summed E-state index contributed by atoms with van der Waals surface area (Å²) in [7, 11) is 4.54. The molecule has 0 atom stereocenters. The smallest absolute Gasteiger partial charge is 0.277 e. The van der Waals surface area contributed by atoms with E-state index in [1.54, 1.807) is 12.1 Å². The van der Waals surface area contributed by atoms with Crippen LogP contribution in [0.25, 0.3) is 0 Å². The van der Waals surface area contributed by atoms with Crippen LogP contribution in [0.5, 0.6) is 23.0 Å². The van der Waals surface area contributed by atoms with Crippen LogP contribution in [-0.2, 0) is 4.79 Å². The van der Waals surface area contributed by atoms with Crippen LogP contribution in [0.1, 0.15) is 5.56 Å². The van der Waals surface area contributed by atoms with Gasteiger partial charge in [0.15, 0.2) is 18.1 Å². The van der Waals surface area contributed by atoms with Gasteiger partial charge in [0.05, 0.1) is 27.5 Å². The number of benzene rings is 2. The summed E-state index contributed by atoms with van der Waals surface area (Å²) in [6.45, 7) is -0.258. The molecule has 0 radical (unpaired) electrons. The number of rotatable bonds is 8. The first-order chi connectivity index (χ1) is 12.6. The molecule has 0 unspecified atom stereocenters. The van der Waals surface area contributed by atoms with E-state index in [2.05, 4.69) is 10.5 Å². The van der Waals surface area contributed by atoms with E-state index in [1.165, 1.54) is 51.8 Å². The molecule has 7 nitrogen and oxygen atoms in total. The van der Waals surface area contributed by atoms with Gasteiger partial charge in [-0.1, -0.05) is 0 Å². The highest BCUT2D eigenvalue weighted by molar-refractivity contribution is 5.86. The molecule has 26 heavy (non-hydrogen) atoms. The van der Waals surface area contributed by atoms with Gasteiger partial charge in [-0.15, -0.1) is 0 Å². The number of carbonyl (C=O) groups is 1. The molecule has 0 heterocycles. The summed E-state index contributed by atoms with van der Waals surface area (Å²) in [4.78, 5) is 11.8. The second-order valence-corrected chi connectivity index (χ2v) is 4.98. The van der Waals surface area contributed by atoms with Crippen molar-refractivity contribution in [1.82, 2.24) is 5.43 Å². The molecule has 138 valence electrons. The number of hydrogen-bond acceptors (Lipinski definition) is 6. The highest BCUT2D eigenvalue weighted by Crippen LogP contribution is 2.33. The number of carbonyl (C=O) groups excluding carboxylic acids is 1. The standard InChI is InChI=1S/C18H19FN2O5/c1-23-15-9-17(25-3)16(24-2)8-12(15)10-20-21-18(22)11-26-14-6-4-13(19)5-7-14/h4-10H,11H2,1-3H3,(H,21,22). The zero-order chi connectivity index (χ0) is 18.9. The largest absolute Gasteiger partial charge is 0.496 e. The third kappa shape index (κ3) is 5.10. The van der Waals surface area contributed by atoms with Crippen molar-refractivity contribution in [3.63, 3.8) is 0 Å². The van der Waals surface area contributed by atoms with Gasteiger partial charge >= 0.3 is 0 Å². The van der Waals surface area contributed by atoms with Crippen molar-refractivity contribution in [3.05, 3.63) is 47.8 Å². The van der Waals surface area contributed by atoms with Gasteiger partial charge in [-0.05, 0) is 30.3 Å². The number of nitrogens with one attached hydrogen (secondary N) is 1. The molecule has 1 amide bonds. The third-order valence-electron chi connectivity index (χ3n) is 3.31. The van der Waals surface area contributed by atoms with Crippen molar-refractivity contribution in [2.75, 3.05) is 27.9 Å². The van der Waals surface area contributed by atoms with Crippen LogP contribution in [-0.4, -0.2) is 40.1 Å². The molecule has 0 fully saturated rings. The fourth-order valence-electron chi connectivity index (χ4n) is 2.04. The monoisotopic (exact) mass is 362 g/mol. The summed E-state index contributed by atoms with van der Waals surface area (Å²) in [6, 6.07) is 8.67. The predicted molar refractivity (Wildman–Crippen MR) is 93.7 cm³/mol. The normalized spacial score (nSPS) is 10.5. The maximum atomic E-state index is 12.8. The second kappa shape index (κ2) is 9.26. The van der Waals surface area contributed by atoms with E-state index in [0.717, 1.165) is 0 Å². The molecule has 0 bridgehead atoms. The zero-order valence-corrected chi connectivity index (χ0v) is 14.6. The molecular formula is C18H19FN2O5. The highest BCUT2D eigenvalue weighted by Gasteiger charge is 2.10. The van der Waals surface area contributed by atoms with Gasteiger partial charge in [-0.3, -0.25) is 4.79 Å². The molecule has 0 aliphatic carbocycles. The minimum absolute atomic E-state index is 0.258. The van der Waals surface area contributed by atoms with Crippen LogP contribution in [0.4, 0.5) is 4.39 Å². The van der Waals surface area contributed by atoms with Gasteiger partial charge in [-0.2, -0.15) is 5.10 Å². The Balaban J connectivity index is 1.96. The van der Waals surface area contributed by atoms with Crippen LogP contribution in [0.2, 0.25) is 0 Å². The van der Waals surface area contributed by atoms with Gasteiger partial charge in [-0.25, -0.2) is 9.82 Å². The third-order valence-corrected chi connectivity index (χ3v) is 3.31. The number of nitrogens with zero attached hydrogens (tertiary/aromatic N) is 1. The number of methoxy groups -OCH3 is 3. The molecule has 1 N–H and O–H groups in total. The molecule has 0 saturated carbocycles. The highest BCUT2D eigenvalue weighted by atomic mass is 19.1. The van der Waals surface area contributed by atoms with Crippen molar-refractivity contribution < 1.29 is 28.1 Å². The Kier molecular flexibility index (Phi) is 6.78. The molecule has 0 saturated heterocycles. The number of ether oxygens (including phenoxy) is 4. The van der Waals surface area contributed by atoms with Crippen molar-refractivity contribution in [1.29, 1.82) is 0 Å². The van der Waals surface area contributed by atoms with Gasteiger partial charge in [0.2, 0.25) is 0 Å². The average Bonchev–Trinajstić information content (AvgIpc) is 2.67. The SMILES string of the molecule is COc1cc(OC)c(OC)cc1C=NNC(=O)COc1ccc(F)cc1. The zero-order valence-electron chi connectivity index (χ0n) is 14.6. The number of amides is 1. The van der Waals surface area contributed by atoms with E-state index in [-0.39, 0.29) is 12.4 Å². The summed E-state index contributed by atoms with van der Waals surface area (Å²) < 4.78 is 33.7. The lowest BCUT2D eigenvalue weighted by atomic mass is 10.2. The van der Waals surface area contributed by atoms with Crippen LogP contribution in [0.15, 0.2) is 41.5 Å². The summed E-state index contributed by atoms with van der Waals surface area (Å²) in [5.41, 5.74) is 2.92. The van der Waals surface area contributed by atoms with E-state index in [0.29, 0.717) is 28.6 Å². The lowest BCUT2D eigenvalue weighted by Gasteiger charge is -2.11. The van der Waals surface area contributed by atoms with E-state index in [9.17, 15) is 9.18 Å². The molecule has 2 aromatic rings. The minimum atomic E-state index is -0.468. The van der Waals surface area contributed by atoms with Crippen LogP contribution in [0.3, 0.4) is 0 Å². The Labute approximate surface area is 150 Å².